The summed E-state index contributed by atoms with van der Waals surface area (Å²) in [6.45, 7) is 0. The van der Waals surface area contributed by atoms with Gasteiger partial charge in [0, 0.05) is 28.5 Å². The Kier molecular flexibility index (Phi) is 7.54. The van der Waals surface area contributed by atoms with Gasteiger partial charge in [-0.15, -0.1) is 0 Å². The van der Waals surface area contributed by atoms with Crippen molar-refractivity contribution >= 4 is 17.1 Å². The molecule has 0 aromatic heterocycles. The maximum absolute atomic E-state index is 3.58. The predicted molar refractivity (Wildman–Crippen MR) is 167 cm³/mol. The lowest BCUT2D eigenvalue weighted by molar-refractivity contribution is 0.955. The van der Waals surface area contributed by atoms with Gasteiger partial charge in [0.1, 0.15) is 0 Å². The van der Waals surface area contributed by atoms with Crippen molar-refractivity contribution in [2.45, 2.75) is 32.1 Å². The molecule has 0 unspecified atom stereocenters. The van der Waals surface area contributed by atoms with Gasteiger partial charge >= 0.3 is 0 Å². The molecule has 0 radical (unpaired) electrons. The molecule has 0 amide bonds. The molecule has 1 N–H and O–H groups in total. The van der Waals surface area contributed by atoms with Crippen LogP contribution in [0.4, 0.5) is 17.1 Å². The molecule has 0 saturated carbocycles. The van der Waals surface area contributed by atoms with Crippen molar-refractivity contribution in [1.82, 2.24) is 0 Å². The summed E-state index contributed by atoms with van der Waals surface area (Å²) in [4.78, 5) is 2.34. The quantitative estimate of drug-likeness (QED) is 0.343. The van der Waals surface area contributed by atoms with Crippen molar-refractivity contribution in [2.24, 2.45) is 0 Å². The van der Waals surface area contributed by atoms with Crippen LogP contribution in [0.1, 0.15) is 32.1 Å². The van der Waals surface area contributed by atoms with Crippen molar-refractivity contribution in [3.8, 4) is 11.1 Å². The zero-order chi connectivity index (χ0) is 26.3. The Labute approximate surface area is 232 Å². The van der Waals surface area contributed by atoms with E-state index >= 15 is 0 Å². The van der Waals surface area contributed by atoms with Crippen molar-refractivity contribution in [2.75, 3.05) is 10.2 Å². The van der Waals surface area contributed by atoms with Gasteiger partial charge in [0.05, 0.1) is 0 Å². The SMILES string of the molecule is C1=CCCC(C2=CC=C(Nc3ccc(-c4ccc(N(C5=CCCC=C5)c5ccccc5)cc4)cc3)C=CC2)=C1. The Morgan fingerprint density at radius 2 is 1.36 bits per heavy atom. The molecule has 0 bridgehead atoms. The van der Waals surface area contributed by atoms with E-state index < -0.39 is 0 Å². The van der Waals surface area contributed by atoms with Gasteiger partial charge in [0.25, 0.3) is 0 Å². The molecule has 0 aliphatic heterocycles. The summed E-state index contributed by atoms with van der Waals surface area (Å²) in [6.07, 6.45) is 27.8. The number of nitrogens with zero attached hydrogens (tertiary/aromatic N) is 1. The maximum Gasteiger partial charge on any atom is 0.0461 e. The lowest BCUT2D eigenvalue weighted by Gasteiger charge is -2.27. The molecule has 3 aliphatic rings. The zero-order valence-electron chi connectivity index (χ0n) is 22.3. The van der Waals surface area contributed by atoms with E-state index in [1.54, 1.807) is 0 Å². The molecule has 3 aliphatic carbocycles. The van der Waals surface area contributed by atoms with E-state index in [0.717, 1.165) is 43.5 Å². The molecule has 192 valence electrons. The molecule has 3 aromatic rings. The highest BCUT2D eigenvalue weighted by atomic mass is 15.1. The Bertz CT molecular complexity index is 1510. The average Bonchev–Trinajstić information content (AvgIpc) is 3.25. The number of para-hydroxylation sites is 1. The molecule has 0 fully saturated rings. The first kappa shape index (κ1) is 24.8. The molecule has 6 rings (SSSR count). The van der Waals surface area contributed by atoms with Gasteiger partial charge in [-0.2, -0.15) is 0 Å². The smallest absolute Gasteiger partial charge is 0.0461 e. The number of rotatable bonds is 7. The summed E-state index contributed by atoms with van der Waals surface area (Å²) >= 11 is 0. The van der Waals surface area contributed by atoms with Crippen LogP contribution < -0.4 is 10.2 Å². The second-order valence-corrected chi connectivity index (χ2v) is 10.1. The molecular formula is C37H34N2. The molecule has 0 heterocycles. The van der Waals surface area contributed by atoms with Crippen LogP contribution in [0, 0.1) is 0 Å². The van der Waals surface area contributed by atoms with Crippen LogP contribution in [-0.4, -0.2) is 0 Å². The fraction of sp³-hybridized carbons (Fsp3) is 0.135. The van der Waals surface area contributed by atoms with E-state index in [-0.39, 0.29) is 0 Å². The molecule has 2 heteroatoms. The normalized spacial score (nSPS) is 16.5. The van der Waals surface area contributed by atoms with Gasteiger partial charge in [0.2, 0.25) is 0 Å². The number of allylic oxidation sites excluding steroid dienone is 12. The minimum atomic E-state index is 0.978. The third kappa shape index (κ3) is 5.97. The minimum absolute atomic E-state index is 0.978. The Hall–Kier alpha value is -4.56. The van der Waals surface area contributed by atoms with Crippen molar-refractivity contribution in [3.63, 3.8) is 0 Å². The summed E-state index contributed by atoms with van der Waals surface area (Å²) in [5.41, 5.74) is 11.1. The summed E-state index contributed by atoms with van der Waals surface area (Å²) in [5.74, 6) is 0. The Morgan fingerprint density at radius 1 is 0.590 bits per heavy atom. The number of hydrogen-bond acceptors (Lipinski definition) is 2. The highest BCUT2D eigenvalue weighted by Crippen LogP contribution is 2.34. The van der Waals surface area contributed by atoms with E-state index in [4.69, 9.17) is 0 Å². The summed E-state index contributed by atoms with van der Waals surface area (Å²) in [7, 11) is 0. The zero-order valence-corrected chi connectivity index (χ0v) is 22.3. The largest absolute Gasteiger partial charge is 0.356 e. The molecule has 0 saturated heterocycles. The maximum atomic E-state index is 3.58. The van der Waals surface area contributed by atoms with E-state index in [0.29, 0.717) is 0 Å². The molecule has 0 spiro atoms. The fourth-order valence-electron chi connectivity index (χ4n) is 5.32. The third-order valence-corrected chi connectivity index (χ3v) is 7.41. The highest BCUT2D eigenvalue weighted by molar-refractivity contribution is 5.74. The summed E-state index contributed by atoms with van der Waals surface area (Å²) in [6, 6.07) is 28.2. The van der Waals surface area contributed by atoms with Gasteiger partial charge in [-0.05, 0) is 109 Å². The minimum Gasteiger partial charge on any atom is -0.356 e. The van der Waals surface area contributed by atoms with E-state index in [1.807, 2.05) is 0 Å². The number of hydrogen-bond donors (Lipinski definition) is 1. The van der Waals surface area contributed by atoms with Crippen LogP contribution >= 0.6 is 0 Å². The van der Waals surface area contributed by atoms with Crippen LogP contribution in [-0.2, 0) is 0 Å². The third-order valence-electron chi connectivity index (χ3n) is 7.41. The Morgan fingerprint density at radius 3 is 2.08 bits per heavy atom. The predicted octanol–water partition coefficient (Wildman–Crippen LogP) is 10.2. The summed E-state index contributed by atoms with van der Waals surface area (Å²) in [5, 5.41) is 3.58. The first-order valence-electron chi connectivity index (χ1n) is 14.0. The molecular weight excluding hydrogens is 472 g/mol. The lowest BCUT2D eigenvalue weighted by Crippen LogP contribution is -2.16. The van der Waals surface area contributed by atoms with Gasteiger partial charge in [-0.1, -0.05) is 85.0 Å². The first-order valence-corrected chi connectivity index (χ1v) is 14.0. The lowest BCUT2D eigenvalue weighted by atomic mass is 9.95. The van der Waals surface area contributed by atoms with Crippen LogP contribution in [0.5, 0.6) is 0 Å². The van der Waals surface area contributed by atoms with E-state index in [1.165, 1.54) is 39.3 Å². The van der Waals surface area contributed by atoms with Crippen molar-refractivity contribution in [1.29, 1.82) is 0 Å². The Balaban J connectivity index is 1.17. The number of anilines is 3. The van der Waals surface area contributed by atoms with Crippen LogP contribution in [0.3, 0.4) is 0 Å². The van der Waals surface area contributed by atoms with Gasteiger partial charge in [-0.3, -0.25) is 0 Å². The van der Waals surface area contributed by atoms with Crippen molar-refractivity contribution in [3.05, 3.63) is 162 Å². The summed E-state index contributed by atoms with van der Waals surface area (Å²) < 4.78 is 0. The van der Waals surface area contributed by atoms with Crippen molar-refractivity contribution < 1.29 is 0 Å². The van der Waals surface area contributed by atoms with Gasteiger partial charge in [0.15, 0.2) is 0 Å². The van der Waals surface area contributed by atoms with Crippen LogP contribution in [0.2, 0.25) is 0 Å². The molecule has 39 heavy (non-hydrogen) atoms. The average molecular weight is 507 g/mol. The van der Waals surface area contributed by atoms with E-state index in [2.05, 4.69) is 150 Å². The van der Waals surface area contributed by atoms with E-state index in [9.17, 15) is 0 Å². The van der Waals surface area contributed by atoms with Gasteiger partial charge in [-0.25, -0.2) is 0 Å². The van der Waals surface area contributed by atoms with Gasteiger partial charge < -0.3 is 10.2 Å². The highest BCUT2D eigenvalue weighted by Gasteiger charge is 2.14. The topological polar surface area (TPSA) is 15.3 Å². The number of nitrogens with one attached hydrogen (secondary N) is 1. The first-order chi connectivity index (χ1) is 19.3. The fourth-order valence-corrected chi connectivity index (χ4v) is 5.32. The van der Waals surface area contributed by atoms with Crippen LogP contribution in [0.25, 0.3) is 11.1 Å². The molecule has 0 atom stereocenters. The molecule has 2 nitrogen and oxygen atoms in total. The monoisotopic (exact) mass is 506 g/mol. The molecule has 3 aromatic carbocycles. The number of benzene rings is 3. The standard InChI is InChI=1S/C37H34N2/c1-4-11-29(12-5-1)30-13-10-14-33(24-19-30)38-34-25-20-31(21-26-34)32-22-27-37(28-23-32)39(35-15-6-2-7-16-35)36-17-8-3-9-18-36/h1-2,4,6-8,10-11,14-28,38H,3,5,9,12-13H2. The second kappa shape index (κ2) is 11.9. The van der Waals surface area contributed by atoms with Crippen LogP contribution in [0.15, 0.2) is 162 Å². The second-order valence-electron chi connectivity index (χ2n) is 10.1.